The van der Waals surface area contributed by atoms with Crippen LogP contribution >= 0.6 is 11.8 Å². The molecular formula is C21H32N2O3S. The maximum Gasteiger partial charge on any atom is 0.410 e. The lowest BCUT2D eigenvalue weighted by atomic mass is 9.91. The molecule has 1 aliphatic heterocycles. The van der Waals surface area contributed by atoms with Gasteiger partial charge in [-0.1, -0.05) is 0 Å². The van der Waals surface area contributed by atoms with E-state index in [-0.39, 0.29) is 6.09 Å². The van der Waals surface area contributed by atoms with Crippen LogP contribution in [0, 0.1) is 17.8 Å². The van der Waals surface area contributed by atoms with E-state index < -0.39 is 5.60 Å². The second-order valence-electron chi connectivity index (χ2n) is 8.67. The molecule has 1 saturated carbocycles. The largest absolute Gasteiger partial charge is 0.444 e. The van der Waals surface area contributed by atoms with Crippen LogP contribution in [0.2, 0.25) is 0 Å². The fraction of sp³-hybridized carbons (Fsp3) is 0.714. The zero-order valence-corrected chi connectivity index (χ0v) is 17.8. The fourth-order valence-electron chi connectivity index (χ4n) is 3.81. The van der Waals surface area contributed by atoms with Gasteiger partial charge in [0.05, 0.1) is 18.9 Å². The molecule has 2 unspecified atom stereocenters. The summed E-state index contributed by atoms with van der Waals surface area (Å²) in [6, 6.07) is 4.14. The van der Waals surface area contributed by atoms with Crippen molar-refractivity contribution in [3.63, 3.8) is 0 Å². The van der Waals surface area contributed by atoms with E-state index in [9.17, 15) is 4.79 Å². The molecule has 0 N–H and O–H groups in total. The molecule has 0 spiro atoms. The topological polar surface area (TPSA) is 51.7 Å². The van der Waals surface area contributed by atoms with Crippen molar-refractivity contribution in [1.82, 2.24) is 9.88 Å². The SMILES string of the molecule is CSc1ccc(COCC2CC2C2CCN(C(=O)OC(C)(C)C)CC2)nc1. The van der Waals surface area contributed by atoms with Crippen LogP contribution in [0.3, 0.4) is 0 Å². The standard InChI is InChI=1S/C21H32N2O3S/c1-21(2,3)26-20(24)23-9-7-15(8-10-23)19-11-16(19)13-25-14-17-5-6-18(27-4)12-22-17/h5-6,12,15-16,19H,7-11,13-14H2,1-4H3. The van der Waals surface area contributed by atoms with E-state index in [2.05, 4.69) is 17.3 Å². The number of piperidine rings is 1. The van der Waals surface area contributed by atoms with Crippen molar-refractivity contribution in [3.05, 3.63) is 24.0 Å². The summed E-state index contributed by atoms with van der Waals surface area (Å²) in [5.74, 6) is 2.16. The van der Waals surface area contributed by atoms with Crippen molar-refractivity contribution in [3.8, 4) is 0 Å². The molecule has 1 aromatic rings. The Kier molecular flexibility index (Phi) is 6.69. The van der Waals surface area contributed by atoms with Gasteiger partial charge in [-0.2, -0.15) is 0 Å². The van der Waals surface area contributed by atoms with E-state index in [1.54, 1.807) is 11.8 Å². The smallest absolute Gasteiger partial charge is 0.410 e. The van der Waals surface area contributed by atoms with Crippen molar-refractivity contribution in [2.45, 2.75) is 57.1 Å². The molecule has 1 saturated heterocycles. The van der Waals surface area contributed by atoms with E-state index in [0.717, 1.165) is 50.1 Å². The van der Waals surface area contributed by atoms with Crippen molar-refractivity contribution in [2.24, 2.45) is 17.8 Å². The van der Waals surface area contributed by atoms with Gasteiger partial charge in [0.25, 0.3) is 0 Å². The summed E-state index contributed by atoms with van der Waals surface area (Å²) in [5.41, 5.74) is 0.577. The summed E-state index contributed by atoms with van der Waals surface area (Å²) in [5, 5.41) is 0. The summed E-state index contributed by atoms with van der Waals surface area (Å²) >= 11 is 1.70. The Balaban J connectivity index is 1.33. The monoisotopic (exact) mass is 392 g/mol. The van der Waals surface area contributed by atoms with Crippen LogP contribution in [0.4, 0.5) is 4.79 Å². The lowest BCUT2D eigenvalue weighted by molar-refractivity contribution is 0.0170. The molecule has 6 heteroatoms. The number of hydrogen-bond donors (Lipinski definition) is 0. The van der Waals surface area contributed by atoms with Crippen LogP contribution in [0.5, 0.6) is 0 Å². The second kappa shape index (κ2) is 8.82. The third-order valence-corrected chi connectivity index (χ3v) is 6.10. The average molecular weight is 393 g/mol. The number of carbonyl (C=O) groups is 1. The number of likely N-dealkylation sites (tertiary alicyclic amines) is 1. The quantitative estimate of drug-likeness (QED) is 0.662. The summed E-state index contributed by atoms with van der Waals surface area (Å²) in [7, 11) is 0. The Morgan fingerprint density at radius 1 is 1.30 bits per heavy atom. The fourth-order valence-corrected chi connectivity index (χ4v) is 4.17. The molecular weight excluding hydrogens is 360 g/mol. The Morgan fingerprint density at radius 2 is 2.04 bits per heavy atom. The molecule has 3 rings (SSSR count). The lowest BCUT2D eigenvalue weighted by Crippen LogP contribution is -2.42. The van der Waals surface area contributed by atoms with E-state index in [1.807, 2.05) is 37.9 Å². The van der Waals surface area contributed by atoms with Gasteiger partial charge >= 0.3 is 6.09 Å². The molecule has 2 fully saturated rings. The highest BCUT2D eigenvalue weighted by atomic mass is 32.2. The Bertz CT molecular complexity index is 621. The van der Waals surface area contributed by atoms with Gasteiger partial charge in [-0.3, -0.25) is 4.98 Å². The van der Waals surface area contributed by atoms with Crippen LogP contribution in [-0.2, 0) is 16.1 Å². The van der Waals surface area contributed by atoms with Gasteiger partial charge in [0, 0.05) is 24.2 Å². The highest BCUT2D eigenvalue weighted by Gasteiger charge is 2.44. The number of nitrogens with zero attached hydrogens (tertiary/aromatic N) is 2. The van der Waals surface area contributed by atoms with Crippen LogP contribution < -0.4 is 0 Å². The molecule has 0 radical (unpaired) electrons. The zero-order chi connectivity index (χ0) is 19.4. The second-order valence-corrected chi connectivity index (χ2v) is 9.55. The first-order chi connectivity index (χ1) is 12.9. The van der Waals surface area contributed by atoms with Gasteiger partial charge in [-0.25, -0.2) is 4.79 Å². The van der Waals surface area contributed by atoms with Gasteiger partial charge in [-0.15, -0.1) is 11.8 Å². The van der Waals surface area contributed by atoms with Gasteiger partial charge in [0.1, 0.15) is 5.60 Å². The molecule has 2 heterocycles. The molecule has 0 bridgehead atoms. The van der Waals surface area contributed by atoms with Crippen molar-refractivity contribution >= 4 is 17.9 Å². The number of rotatable bonds is 6. The molecule has 2 aliphatic rings. The first-order valence-corrected chi connectivity index (χ1v) is 11.1. The third-order valence-electron chi connectivity index (χ3n) is 5.39. The number of aromatic nitrogens is 1. The van der Waals surface area contributed by atoms with Gasteiger partial charge in [-0.05, 0) is 76.2 Å². The molecule has 1 amide bonds. The molecule has 2 atom stereocenters. The van der Waals surface area contributed by atoms with E-state index >= 15 is 0 Å². The number of ether oxygens (including phenoxy) is 2. The summed E-state index contributed by atoms with van der Waals surface area (Å²) in [4.78, 5) is 19.6. The summed E-state index contributed by atoms with van der Waals surface area (Å²) < 4.78 is 11.4. The van der Waals surface area contributed by atoms with Gasteiger partial charge < -0.3 is 14.4 Å². The number of amides is 1. The minimum Gasteiger partial charge on any atom is -0.444 e. The van der Waals surface area contributed by atoms with Crippen LogP contribution in [0.25, 0.3) is 0 Å². The Labute approximate surface area is 167 Å². The van der Waals surface area contributed by atoms with Crippen LogP contribution in [-0.4, -0.2) is 47.5 Å². The van der Waals surface area contributed by atoms with Crippen molar-refractivity contribution in [1.29, 1.82) is 0 Å². The minimum atomic E-state index is -0.419. The normalized spacial score (nSPS) is 23.3. The molecule has 0 aromatic carbocycles. The predicted octanol–water partition coefficient (Wildman–Crippen LogP) is 4.60. The van der Waals surface area contributed by atoms with Crippen LogP contribution in [0.1, 0.15) is 45.7 Å². The maximum absolute atomic E-state index is 12.2. The van der Waals surface area contributed by atoms with Crippen LogP contribution in [0.15, 0.2) is 23.2 Å². The number of thioether (sulfide) groups is 1. The predicted molar refractivity (Wildman–Crippen MR) is 108 cm³/mol. The van der Waals surface area contributed by atoms with E-state index in [4.69, 9.17) is 9.47 Å². The van der Waals surface area contributed by atoms with Gasteiger partial charge in [0.2, 0.25) is 0 Å². The molecule has 27 heavy (non-hydrogen) atoms. The third kappa shape index (κ3) is 6.11. The first-order valence-electron chi connectivity index (χ1n) is 9.90. The summed E-state index contributed by atoms with van der Waals surface area (Å²) in [6.07, 6.45) is 7.21. The Hall–Kier alpha value is -1.27. The number of carbonyl (C=O) groups excluding carboxylic acids is 1. The van der Waals surface area contributed by atoms with E-state index in [1.165, 1.54) is 11.3 Å². The highest BCUT2D eigenvalue weighted by molar-refractivity contribution is 7.98. The minimum absolute atomic E-state index is 0.170. The number of hydrogen-bond acceptors (Lipinski definition) is 5. The highest BCUT2D eigenvalue weighted by Crippen LogP contribution is 2.48. The van der Waals surface area contributed by atoms with E-state index in [0.29, 0.717) is 12.5 Å². The zero-order valence-electron chi connectivity index (χ0n) is 16.9. The summed E-state index contributed by atoms with van der Waals surface area (Å²) in [6.45, 7) is 8.79. The Morgan fingerprint density at radius 3 is 2.63 bits per heavy atom. The molecule has 5 nitrogen and oxygen atoms in total. The molecule has 150 valence electrons. The average Bonchev–Trinajstić information content (AvgIpc) is 3.40. The van der Waals surface area contributed by atoms with Crippen molar-refractivity contribution in [2.75, 3.05) is 26.0 Å². The molecule has 1 aliphatic carbocycles. The van der Waals surface area contributed by atoms with Crippen molar-refractivity contribution < 1.29 is 14.3 Å². The first kappa shape index (κ1) is 20.5. The maximum atomic E-state index is 12.2. The lowest BCUT2D eigenvalue weighted by Gasteiger charge is -2.33. The van der Waals surface area contributed by atoms with Gasteiger partial charge in [0.15, 0.2) is 0 Å². The molecule has 1 aromatic heterocycles. The number of pyridine rings is 1.